The van der Waals surface area contributed by atoms with Crippen molar-refractivity contribution in [1.29, 1.82) is 5.26 Å². The SMILES string of the molecule is CCC(C#N)[Si](C)(C)c1ccc(OC(C)=O)c2cc3c(nc12)-c1cc2c(c(=O)n1C3)COC(=O)[C@]2(O)CC. The van der Waals surface area contributed by atoms with Gasteiger partial charge in [0.1, 0.15) is 20.4 Å². The van der Waals surface area contributed by atoms with E-state index in [1.165, 1.54) is 6.92 Å². The Morgan fingerprint density at radius 3 is 2.68 bits per heavy atom. The van der Waals surface area contributed by atoms with Gasteiger partial charge >= 0.3 is 11.9 Å². The zero-order chi connectivity index (χ0) is 27.6. The molecule has 38 heavy (non-hydrogen) atoms. The second-order valence-corrected chi connectivity index (χ2v) is 15.2. The van der Waals surface area contributed by atoms with Crippen molar-refractivity contribution >= 4 is 36.1 Å². The molecule has 3 aromatic rings. The molecule has 0 aliphatic carbocycles. The minimum Gasteiger partial charge on any atom is -0.458 e. The molecule has 1 N–H and O–H groups in total. The van der Waals surface area contributed by atoms with Crippen molar-refractivity contribution in [2.24, 2.45) is 0 Å². The summed E-state index contributed by atoms with van der Waals surface area (Å²) < 4.78 is 12.2. The minimum absolute atomic E-state index is 0.0575. The molecule has 10 heteroatoms. The van der Waals surface area contributed by atoms with Crippen LogP contribution in [0.15, 0.2) is 29.1 Å². The van der Waals surface area contributed by atoms with Crippen molar-refractivity contribution < 1.29 is 24.2 Å². The molecule has 0 fully saturated rings. The van der Waals surface area contributed by atoms with Gasteiger partial charge in [-0.2, -0.15) is 5.26 Å². The molecule has 0 saturated heterocycles. The molecule has 0 saturated carbocycles. The highest BCUT2D eigenvalue weighted by Crippen LogP contribution is 2.40. The van der Waals surface area contributed by atoms with Crippen molar-refractivity contribution in [2.75, 3.05) is 0 Å². The summed E-state index contributed by atoms with van der Waals surface area (Å²) in [7, 11) is -2.37. The molecule has 5 rings (SSSR count). The van der Waals surface area contributed by atoms with Crippen LogP contribution in [0.5, 0.6) is 5.75 Å². The number of esters is 2. The van der Waals surface area contributed by atoms with Gasteiger partial charge < -0.3 is 19.1 Å². The molecule has 0 amide bonds. The quantitative estimate of drug-likeness (QED) is 0.236. The molecule has 2 aliphatic rings. The van der Waals surface area contributed by atoms with Gasteiger partial charge in [-0.3, -0.25) is 9.59 Å². The number of pyridine rings is 2. The van der Waals surface area contributed by atoms with Gasteiger partial charge in [-0.05, 0) is 36.2 Å². The maximum absolute atomic E-state index is 13.5. The van der Waals surface area contributed by atoms with Crippen LogP contribution in [-0.2, 0) is 33.1 Å². The highest BCUT2D eigenvalue weighted by Gasteiger charge is 2.45. The first-order chi connectivity index (χ1) is 18.0. The van der Waals surface area contributed by atoms with Crippen LogP contribution in [0.25, 0.3) is 22.3 Å². The third-order valence-electron chi connectivity index (χ3n) is 8.02. The number of nitrogens with zero attached hydrogens (tertiary/aromatic N) is 3. The molecule has 196 valence electrons. The molecule has 2 atom stereocenters. The Morgan fingerprint density at radius 1 is 1.32 bits per heavy atom. The molecular formula is C28H29N3O6Si. The minimum atomic E-state index is -2.37. The van der Waals surface area contributed by atoms with Crippen LogP contribution < -0.4 is 15.5 Å². The molecule has 9 nitrogen and oxygen atoms in total. The van der Waals surface area contributed by atoms with Gasteiger partial charge in [0.05, 0.1) is 35.1 Å². The van der Waals surface area contributed by atoms with E-state index in [0.29, 0.717) is 34.5 Å². The lowest BCUT2D eigenvalue weighted by atomic mass is 9.86. The molecule has 1 aromatic carbocycles. The number of rotatable bonds is 5. The number of aromatic nitrogens is 2. The Bertz CT molecular complexity index is 1640. The van der Waals surface area contributed by atoms with Crippen LogP contribution in [0.2, 0.25) is 18.6 Å². The number of ether oxygens (including phenoxy) is 2. The van der Waals surface area contributed by atoms with Crippen molar-refractivity contribution in [3.8, 4) is 23.2 Å². The average molecular weight is 532 g/mol. The van der Waals surface area contributed by atoms with Gasteiger partial charge in [0.15, 0.2) is 5.60 Å². The summed E-state index contributed by atoms with van der Waals surface area (Å²) >= 11 is 0. The molecular weight excluding hydrogens is 502 g/mol. The summed E-state index contributed by atoms with van der Waals surface area (Å²) in [5, 5.41) is 22.6. The van der Waals surface area contributed by atoms with Gasteiger partial charge in [-0.1, -0.05) is 33.0 Å². The lowest BCUT2D eigenvalue weighted by molar-refractivity contribution is -0.172. The zero-order valence-electron chi connectivity index (χ0n) is 22.0. The van der Waals surface area contributed by atoms with E-state index < -0.39 is 25.6 Å². The predicted molar refractivity (Wildman–Crippen MR) is 143 cm³/mol. The first-order valence-corrected chi connectivity index (χ1v) is 15.8. The number of cyclic esters (lactones) is 1. The fourth-order valence-electron chi connectivity index (χ4n) is 5.76. The maximum atomic E-state index is 13.5. The van der Waals surface area contributed by atoms with E-state index in [1.807, 2.05) is 19.1 Å². The third kappa shape index (κ3) is 3.61. The normalized spacial score (nSPS) is 18.7. The predicted octanol–water partition coefficient (Wildman–Crippen LogP) is 3.22. The van der Waals surface area contributed by atoms with Crippen LogP contribution in [0, 0.1) is 11.3 Å². The number of aliphatic hydroxyl groups is 1. The Balaban J connectivity index is 1.81. The Hall–Kier alpha value is -3.81. The van der Waals surface area contributed by atoms with Crippen molar-refractivity contribution in [2.45, 2.75) is 71.0 Å². The fourth-order valence-corrected chi connectivity index (χ4v) is 8.79. The standard InChI is InChI=1S/C28H29N3O6Si/c1-6-17(12-29)38(4,5)23-9-8-22(37-15(3)32)18-10-16-13-31-21(24(16)30-25(18)23)11-20-19(26(31)33)14-36-27(34)28(20,35)7-2/h8-11,17,35H,6-7,13-14H2,1-5H3/t17?,28-/m0/s1. The second kappa shape index (κ2) is 8.89. The maximum Gasteiger partial charge on any atom is 0.343 e. The molecule has 1 unspecified atom stereocenters. The number of carbonyl (C=O) groups is 2. The zero-order valence-corrected chi connectivity index (χ0v) is 23.0. The summed E-state index contributed by atoms with van der Waals surface area (Å²) in [5.41, 5.74) is 0.529. The molecule has 0 radical (unpaired) electrons. The van der Waals surface area contributed by atoms with Gasteiger partial charge in [-0.25, -0.2) is 9.78 Å². The van der Waals surface area contributed by atoms with Crippen LogP contribution >= 0.6 is 0 Å². The number of carbonyl (C=O) groups excluding carboxylic acids is 2. The second-order valence-electron chi connectivity index (χ2n) is 10.5. The Labute approximate surface area is 220 Å². The summed E-state index contributed by atoms with van der Waals surface area (Å²) in [6.45, 7) is 9.28. The van der Waals surface area contributed by atoms with Crippen LogP contribution in [0.3, 0.4) is 0 Å². The number of nitriles is 1. The van der Waals surface area contributed by atoms with Crippen molar-refractivity contribution in [3.05, 3.63) is 51.3 Å². The summed E-state index contributed by atoms with van der Waals surface area (Å²) in [6.07, 6.45) is 0.756. The summed E-state index contributed by atoms with van der Waals surface area (Å²) in [5.74, 6) is -0.872. The van der Waals surface area contributed by atoms with E-state index in [-0.39, 0.29) is 41.8 Å². The summed E-state index contributed by atoms with van der Waals surface area (Å²) in [6, 6.07) is 9.67. The van der Waals surface area contributed by atoms with Gasteiger partial charge in [0, 0.05) is 29.0 Å². The van der Waals surface area contributed by atoms with Crippen LogP contribution in [0.1, 0.15) is 50.3 Å². The monoisotopic (exact) mass is 531 g/mol. The molecule has 4 heterocycles. The van der Waals surface area contributed by atoms with E-state index in [1.54, 1.807) is 23.6 Å². The highest BCUT2D eigenvalue weighted by molar-refractivity contribution is 6.93. The third-order valence-corrected chi connectivity index (χ3v) is 12.1. The highest BCUT2D eigenvalue weighted by atomic mass is 28.3. The largest absolute Gasteiger partial charge is 0.458 e. The molecule has 0 bridgehead atoms. The molecule has 2 aromatic heterocycles. The Morgan fingerprint density at radius 2 is 2.05 bits per heavy atom. The van der Waals surface area contributed by atoms with E-state index in [9.17, 15) is 24.8 Å². The summed E-state index contributed by atoms with van der Waals surface area (Å²) in [4.78, 5) is 42.9. The van der Waals surface area contributed by atoms with Gasteiger partial charge in [0.25, 0.3) is 5.56 Å². The first kappa shape index (κ1) is 25.8. The van der Waals surface area contributed by atoms with Gasteiger partial charge in [0.2, 0.25) is 0 Å². The van der Waals surface area contributed by atoms with Crippen LogP contribution in [-0.4, -0.2) is 34.7 Å². The topological polar surface area (TPSA) is 132 Å². The lowest BCUT2D eigenvalue weighted by Gasteiger charge is -2.31. The Kier molecular flexibility index (Phi) is 6.04. The lowest BCUT2D eigenvalue weighted by Crippen LogP contribution is -2.46. The van der Waals surface area contributed by atoms with E-state index >= 15 is 0 Å². The molecule has 2 aliphatic heterocycles. The average Bonchev–Trinajstić information content (AvgIpc) is 3.24. The van der Waals surface area contributed by atoms with Gasteiger partial charge in [-0.15, -0.1) is 0 Å². The number of hydrogen-bond acceptors (Lipinski definition) is 8. The van der Waals surface area contributed by atoms with Crippen molar-refractivity contribution in [1.82, 2.24) is 9.55 Å². The number of benzene rings is 1. The van der Waals surface area contributed by atoms with Crippen LogP contribution in [0.4, 0.5) is 0 Å². The van der Waals surface area contributed by atoms with E-state index in [2.05, 4.69) is 19.2 Å². The van der Waals surface area contributed by atoms with E-state index in [0.717, 1.165) is 10.8 Å². The van der Waals surface area contributed by atoms with E-state index in [4.69, 9.17) is 14.5 Å². The smallest absolute Gasteiger partial charge is 0.343 e. The molecule has 0 spiro atoms. The number of fused-ring (bicyclic) bond motifs is 5. The van der Waals surface area contributed by atoms with Crippen molar-refractivity contribution in [3.63, 3.8) is 0 Å². The fraction of sp³-hybridized carbons (Fsp3) is 0.393. The number of hydrogen-bond donors (Lipinski definition) is 1. The first-order valence-electron chi connectivity index (χ1n) is 12.7.